The second-order valence-electron chi connectivity index (χ2n) is 4.65. The minimum Gasteiger partial charge on any atom is -0.483 e. The molecule has 0 aromatic carbocycles. The lowest BCUT2D eigenvalue weighted by Gasteiger charge is -2.08. The van der Waals surface area contributed by atoms with Gasteiger partial charge >= 0.3 is 0 Å². The van der Waals surface area contributed by atoms with Gasteiger partial charge in [0.25, 0.3) is 17.9 Å². The first-order valence-electron chi connectivity index (χ1n) is 6.89. The lowest BCUT2D eigenvalue weighted by atomic mass is 10.1. The minimum atomic E-state index is -0.313. The van der Waals surface area contributed by atoms with Gasteiger partial charge in [0.1, 0.15) is 18.0 Å². The second kappa shape index (κ2) is 8.98. The lowest BCUT2D eigenvalue weighted by Crippen LogP contribution is -2.28. The molecule has 0 radical (unpaired) electrons. The van der Waals surface area contributed by atoms with Crippen LogP contribution in [-0.4, -0.2) is 44.0 Å². The van der Waals surface area contributed by atoms with E-state index in [1.165, 1.54) is 12.4 Å². The number of nitrogens with one attached hydrogen (secondary N) is 2. The third-order valence-electron chi connectivity index (χ3n) is 2.91. The molecule has 0 fully saturated rings. The van der Waals surface area contributed by atoms with Gasteiger partial charge < -0.3 is 21.1 Å². The van der Waals surface area contributed by atoms with E-state index in [0.29, 0.717) is 35.7 Å². The van der Waals surface area contributed by atoms with Gasteiger partial charge in [0, 0.05) is 19.0 Å². The molecule has 2 rings (SSSR count). The number of nitrogen functional groups attached to an aromatic ring is 1. The van der Waals surface area contributed by atoms with E-state index in [1.807, 2.05) is 0 Å². The van der Waals surface area contributed by atoms with E-state index in [-0.39, 0.29) is 23.8 Å². The highest BCUT2D eigenvalue weighted by Crippen LogP contribution is 2.07. The maximum Gasteiger partial charge on any atom is 0.290 e. The second-order valence-corrected chi connectivity index (χ2v) is 4.65. The molecule has 0 aliphatic heterocycles. The molecule has 0 aliphatic rings. The Balaban J connectivity index is 0.000000891. The van der Waals surface area contributed by atoms with Crippen molar-refractivity contribution in [3.8, 4) is 0 Å². The fourth-order valence-corrected chi connectivity index (χ4v) is 1.95. The van der Waals surface area contributed by atoms with Crippen LogP contribution >= 0.6 is 0 Å². The van der Waals surface area contributed by atoms with E-state index >= 15 is 0 Å². The maximum atomic E-state index is 12.1. The molecule has 1 amide bonds. The highest BCUT2D eigenvalue weighted by atomic mass is 16.3. The molecular weight excluding hydrogens is 316 g/mol. The first-order chi connectivity index (χ1) is 11.4. The summed E-state index contributed by atoms with van der Waals surface area (Å²) in [4.78, 5) is 46.3. The van der Waals surface area contributed by atoms with Crippen LogP contribution in [0.15, 0.2) is 17.2 Å². The third kappa shape index (κ3) is 5.48. The van der Waals surface area contributed by atoms with Crippen molar-refractivity contribution in [1.82, 2.24) is 25.3 Å². The molecule has 0 saturated carbocycles. The fourth-order valence-electron chi connectivity index (χ4n) is 1.95. The van der Waals surface area contributed by atoms with Gasteiger partial charge in [0.15, 0.2) is 0 Å². The standard InChI is InChI=1S/C13H16N6O2.CH2O2/c1-7-12(8(2)17-6-16-7)13(21)15-4-3-10-18-9(14)5-11(20)19-10;2-1-3/h5-6H,3-4H2,1-2H3,(H,15,21)(H3,14,18,19,20);1H,(H,2,3). The zero-order valence-corrected chi connectivity index (χ0v) is 13.2. The number of carboxylic acid groups (broad SMARTS) is 1. The molecule has 128 valence electrons. The minimum absolute atomic E-state index is 0.156. The summed E-state index contributed by atoms with van der Waals surface area (Å²) >= 11 is 0. The Bertz CT molecular complexity index is 754. The predicted octanol–water partition coefficient (Wildman–Crippen LogP) is -0.568. The van der Waals surface area contributed by atoms with Gasteiger partial charge in [0.2, 0.25) is 0 Å². The molecule has 2 aromatic heterocycles. The van der Waals surface area contributed by atoms with Crippen LogP contribution < -0.4 is 16.6 Å². The van der Waals surface area contributed by atoms with E-state index < -0.39 is 0 Å². The van der Waals surface area contributed by atoms with Crippen LogP contribution in [0.2, 0.25) is 0 Å². The zero-order chi connectivity index (χ0) is 18.1. The van der Waals surface area contributed by atoms with Crippen LogP contribution in [0, 0.1) is 13.8 Å². The number of carbonyl (C=O) groups excluding carboxylic acids is 1. The number of aromatic amines is 1. The quantitative estimate of drug-likeness (QED) is 0.540. The topological polar surface area (TPSA) is 164 Å². The molecule has 0 atom stereocenters. The maximum absolute atomic E-state index is 12.1. The van der Waals surface area contributed by atoms with Crippen molar-refractivity contribution in [1.29, 1.82) is 0 Å². The van der Waals surface area contributed by atoms with Crippen LogP contribution in [0.3, 0.4) is 0 Å². The van der Waals surface area contributed by atoms with Crippen molar-refractivity contribution in [2.75, 3.05) is 12.3 Å². The molecule has 24 heavy (non-hydrogen) atoms. The van der Waals surface area contributed by atoms with E-state index in [4.69, 9.17) is 15.6 Å². The van der Waals surface area contributed by atoms with E-state index in [9.17, 15) is 9.59 Å². The van der Waals surface area contributed by atoms with Crippen LogP contribution in [0.25, 0.3) is 0 Å². The van der Waals surface area contributed by atoms with E-state index in [1.54, 1.807) is 13.8 Å². The highest BCUT2D eigenvalue weighted by molar-refractivity contribution is 5.96. The average molecular weight is 334 g/mol. The molecule has 10 heteroatoms. The number of carbonyl (C=O) groups is 2. The number of aryl methyl sites for hydroxylation is 2. The first kappa shape index (κ1) is 18.7. The largest absolute Gasteiger partial charge is 0.483 e. The number of aromatic nitrogens is 4. The zero-order valence-electron chi connectivity index (χ0n) is 13.2. The molecule has 2 aromatic rings. The molecule has 0 spiro atoms. The Labute approximate surface area is 137 Å². The summed E-state index contributed by atoms with van der Waals surface area (Å²) in [6.07, 6.45) is 1.79. The molecule has 0 unspecified atom stereocenters. The third-order valence-corrected chi connectivity index (χ3v) is 2.91. The van der Waals surface area contributed by atoms with Crippen LogP contribution in [-0.2, 0) is 11.2 Å². The van der Waals surface area contributed by atoms with Gasteiger partial charge in [-0.3, -0.25) is 14.4 Å². The Kier molecular flexibility index (Phi) is 7.01. The van der Waals surface area contributed by atoms with Crippen molar-refractivity contribution in [2.45, 2.75) is 20.3 Å². The number of hydrogen-bond donors (Lipinski definition) is 4. The Morgan fingerprint density at radius 2 is 1.96 bits per heavy atom. The van der Waals surface area contributed by atoms with Crippen molar-refractivity contribution >= 4 is 18.2 Å². The summed E-state index contributed by atoms with van der Waals surface area (Å²) in [5, 5.41) is 9.64. The number of nitrogens with two attached hydrogens (primary N) is 1. The van der Waals surface area contributed by atoms with Gasteiger partial charge in [0.05, 0.1) is 17.0 Å². The van der Waals surface area contributed by atoms with Gasteiger partial charge in [-0.15, -0.1) is 0 Å². The van der Waals surface area contributed by atoms with Gasteiger partial charge in [-0.2, -0.15) is 0 Å². The number of amides is 1. The number of hydrogen-bond acceptors (Lipinski definition) is 7. The Morgan fingerprint density at radius 3 is 2.50 bits per heavy atom. The molecule has 10 nitrogen and oxygen atoms in total. The van der Waals surface area contributed by atoms with Crippen LogP contribution in [0.4, 0.5) is 5.82 Å². The highest BCUT2D eigenvalue weighted by Gasteiger charge is 2.13. The van der Waals surface area contributed by atoms with Crippen molar-refractivity contribution in [3.05, 3.63) is 45.5 Å². The van der Waals surface area contributed by atoms with Gasteiger partial charge in [-0.05, 0) is 13.8 Å². The van der Waals surface area contributed by atoms with E-state index in [2.05, 4.69) is 25.3 Å². The summed E-state index contributed by atoms with van der Waals surface area (Å²) < 4.78 is 0. The van der Waals surface area contributed by atoms with Crippen molar-refractivity contribution in [2.24, 2.45) is 0 Å². The van der Waals surface area contributed by atoms with E-state index in [0.717, 1.165) is 0 Å². The summed E-state index contributed by atoms with van der Waals surface area (Å²) in [5.41, 5.74) is 6.88. The van der Waals surface area contributed by atoms with Crippen LogP contribution in [0.1, 0.15) is 27.6 Å². The SMILES string of the molecule is Cc1ncnc(C)c1C(=O)NCCc1nc(N)cc(=O)[nH]1.O=CO. The summed E-state index contributed by atoms with van der Waals surface area (Å²) in [6, 6.07) is 1.20. The predicted molar refractivity (Wildman–Crippen MR) is 85.5 cm³/mol. The number of nitrogens with zero attached hydrogens (tertiary/aromatic N) is 3. The summed E-state index contributed by atoms with van der Waals surface area (Å²) in [5.74, 6) is 0.332. The van der Waals surface area contributed by atoms with Gasteiger partial charge in [-0.1, -0.05) is 0 Å². The molecule has 0 bridgehead atoms. The Morgan fingerprint density at radius 1 is 1.38 bits per heavy atom. The number of anilines is 1. The summed E-state index contributed by atoms with van der Waals surface area (Å²) in [7, 11) is 0. The molecule has 5 N–H and O–H groups in total. The fraction of sp³-hybridized carbons (Fsp3) is 0.286. The molecule has 2 heterocycles. The average Bonchev–Trinajstić information content (AvgIpc) is 2.47. The monoisotopic (exact) mass is 334 g/mol. The molecule has 0 saturated heterocycles. The van der Waals surface area contributed by atoms with Crippen LogP contribution in [0.5, 0.6) is 0 Å². The van der Waals surface area contributed by atoms with Crippen molar-refractivity contribution in [3.63, 3.8) is 0 Å². The number of rotatable bonds is 4. The summed E-state index contributed by atoms with van der Waals surface area (Å²) in [6.45, 7) is 3.57. The smallest absolute Gasteiger partial charge is 0.290 e. The van der Waals surface area contributed by atoms with Gasteiger partial charge in [-0.25, -0.2) is 15.0 Å². The molecular formula is C14H18N6O4. The Hall–Kier alpha value is -3.30. The normalized spacial score (nSPS) is 9.58. The lowest BCUT2D eigenvalue weighted by molar-refractivity contribution is -0.122. The number of H-pyrrole nitrogens is 1. The molecule has 0 aliphatic carbocycles. The van der Waals surface area contributed by atoms with Crippen molar-refractivity contribution < 1.29 is 14.7 Å². The first-order valence-corrected chi connectivity index (χ1v) is 6.89.